The Hall–Kier alpha value is -2.83. The number of halogens is 1. The molecule has 0 bridgehead atoms. The Morgan fingerprint density at radius 3 is 3.12 bits per heavy atom. The van der Waals surface area contributed by atoms with Gasteiger partial charge in [-0.25, -0.2) is 8.91 Å². The predicted molar refractivity (Wildman–Crippen MR) is 94.7 cm³/mol. The van der Waals surface area contributed by atoms with Crippen LogP contribution in [0, 0.1) is 11.7 Å². The van der Waals surface area contributed by atoms with Gasteiger partial charge in [-0.1, -0.05) is 6.07 Å². The number of carbonyl (C=O) groups is 1. The van der Waals surface area contributed by atoms with E-state index in [-0.39, 0.29) is 17.6 Å². The van der Waals surface area contributed by atoms with Crippen molar-refractivity contribution in [1.29, 1.82) is 0 Å². The Kier molecular flexibility index (Phi) is 4.36. The van der Waals surface area contributed by atoms with Crippen LogP contribution in [0.2, 0.25) is 0 Å². The number of imidazole rings is 1. The summed E-state index contributed by atoms with van der Waals surface area (Å²) in [4.78, 5) is 14.8. The average Bonchev–Trinajstić information content (AvgIpc) is 3.23. The zero-order valence-electron chi connectivity index (χ0n) is 14.6. The number of nitrogens with zero attached hydrogens (tertiary/aromatic N) is 4. The third-order valence-corrected chi connectivity index (χ3v) is 4.85. The number of aryl methyl sites for hydroxylation is 1. The van der Waals surface area contributed by atoms with Crippen molar-refractivity contribution in [1.82, 2.24) is 19.1 Å². The summed E-state index contributed by atoms with van der Waals surface area (Å²) in [5.74, 6) is 0.444. The van der Waals surface area contributed by atoms with Crippen molar-refractivity contribution >= 4 is 11.6 Å². The molecule has 0 saturated carbocycles. The van der Waals surface area contributed by atoms with E-state index in [4.69, 9.17) is 4.74 Å². The third-order valence-electron chi connectivity index (χ3n) is 4.85. The number of hydrogen-bond acceptors (Lipinski definition) is 3. The maximum absolute atomic E-state index is 13.2. The van der Waals surface area contributed by atoms with Gasteiger partial charge in [0.05, 0.1) is 12.8 Å². The van der Waals surface area contributed by atoms with Crippen LogP contribution in [0.25, 0.3) is 5.65 Å². The summed E-state index contributed by atoms with van der Waals surface area (Å²) in [7, 11) is 1.90. The molecule has 0 radical (unpaired) electrons. The molecule has 1 fully saturated rings. The zero-order chi connectivity index (χ0) is 18.1. The van der Waals surface area contributed by atoms with Crippen LogP contribution in [-0.2, 0) is 7.05 Å². The quantitative estimate of drug-likeness (QED) is 0.722. The molecule has 136 valence electrons. The molecule has 1 saturated heterocycles. The average molecular weight is 356 g/mol. The number of hydrogen-bond donors (Lipinski definition) is 0. The SMILES string of the molecule is Cn1ccn2ncc(C(=O)N3CCCC(COc4cccc(F)c4)C3)c12. The fourth-order valence-corrected chi connectivity index (χ4v) is 3.53. The van der Waals surface area contributed by atoms with Crippen molar-refractivity contribution in [2.75, 3.05) is 19.7 Å². The van der Waals surface area contributed by atoms with Gasteiger partial charge in [-0.15, -0.1) is 0 Å². The van der Waals surface area contributed by atoms with Crippen molar-refractivity contribution in [2.24, 2.45) is 13.0 Å². The van der Waals surface area contributed by atoms with Crippen LogP contribution in [0.4, 0.5) is 4.39 Å². The Morgan fingerprint density at radius 2 is 2.27 bits per heavy atom. The first-order valence-corrected chi connectivity index (χ1v) is 8.78. The molecule has 7 heteroatoms. The molecule has 0 N–H and O–H groups in total. The highest BCUT2D eigenvalue weighted by Crippen LogP contribution is 2.22. The van der Waals surface area contributed by atoms with E-state index in [0.717, 1.165) is 25.0 Å². The Labute approximate surface area is 150 Å². The standard InChI is InChI=1S/C19H21FN4O2/c1-22-8-9-24-18(22)17(11-21-24)19(25)23-7-3-4-14(12-23)13-26-16-6-2-5-15(20)10-16/h2,5-6,8-11,14H,3-4,7,12-13H2,1H3. The van der Waals surface area contributed by atoms with Crippen molar-refractivity contribution in [2.45, 2.75) is 12.8 Å². The lowest BCUT2D eigenvalue weighted by molar-refractivity contribution is 0.0635. The van der Waals surface area contributed by atoms with E-state index in [2.05, 4.69) is 5.10 Å². The smallest absolute Gasteiger partial charge is 0.259 e. The summed E-state index contributed by atoms with van der Waals surface area (Å²) in [6, 6.07) is 6.15. The number of fused-ring (bicyclic) bond motifs is 1. The van der Waals surface area contributed by atoms with E-state index in [1.807, 2.05) is 28.9 Å². The lowest BCUT2D eigenvalue weighted by Crippen LogP contribution is -2.41. The van der Waals surface area contributed by atoms with Gasteiger partial charge in [0, 0.05) is 44.5 Å². The highest BCUT2D eigenvalue weighted by Gasteiger charge is 2.27. The van der Waals surface area contributed by atoms with Crippen LogP contribution in [-0.4, -0.2) is 44.7 Å². The van der Waals surface area contributed by atoms with Crippen LogP contribution < -0.4 is 4.74 Å². The second-order valence-electron chi connectivity index (χ2n) is 6.76. The van der Waals surface area contributed by atoms with Crippen molar-refractivity contribution in [3.05, 3.63) is 54.2 Å². The van der Waals surface area contributed by atoms with E-state index in [9.17, 15) is 9.18 Å². The normalized spacial score (nSPS) is 17.6. The molecular weight excluding hydrogens is 335 g/mol. The van der Waals surface area contributed by atoms with Crippen LogP contribution >= 0.6 is 0 Å². The molecule has 0 aliphatic carbocycles. The fraction of sp³-hybridized carbons (Fsp3) is 0.368. The molecule has 4 rings (SSSR count). The van der Waals surface area contributed by atoms with Gasteiger partial charge in [-0.05, 0) is 25.0 Å². The first-order chi connectivity index (χ1) is 12.6. The predicted octanol–water partition coefficient (Wildman–Crippen LogP) is 2.74. The number of likely N-dealkylation sites (tertiary alicyclic amines) is 1. The lowest BCUT2D eigenvalue weighted by Gasteiger charge is -2.32. The molecule has 3 aromatic rings. The molecule has 1 aliphatic rings. The summed E-state index contributed by atoms with van der Waals surface area (Å²) >= 11 is 0. The van der Waals surface area contributed by atoms with E-state index in [0.29, 0.717) is 24.5 Å². The number of amides is 1. The minimum absolute atomic E-state index is 0.00254. The van der Waals surface area contributed by atoms with Crippen LogP contribution in [0.15, 0.2) is 42.9 Å². The molecule has 1 atom stereocenters. The van der Waals surface area contributed by atoms with Gasteiger partial charge >= 0.3 is 0 Å². The molecular formula is C19H21FN4O2. The van der Waals surface area contributed by atoms with Gasteiger partial charge in [-0.3, -0.25) is 4.79 Å². The fourth-order valence-electron chi connectivity index (χ4n) is 3.53. The summed E-state index contributed by atoms with van der Waals surface area (Å²) in [6.45, 7) is 1.84. The van der Waals surface area contributed by atoms with E-state index in [1.165, 1.54) is 12.1 Å². The van der Waals surface area contributed by atoms with Gasteiger partial charge in [0.25, 0.3) is 5.91 Å². The number of carbonyl (C=O) groups excluding carboxylic acids is 1. The Balaban J connectivity index is 1.43. The zero-order valence-corrected chi connectivity index (χ0v) is 14.6. The molecule has 6 nitrogen and oxygen atoms in total. The van der Waals surface area contributed by atoms with Crippen LogP contribution in [0.1, 0.15) is 23.2 Å². The number of benzene rings is 1. The van der Waals surface area contributed by atoms with Crippen molar-refractivity contribution in [3.63, 3.8) is 0 Å². The highest BCUT2D eigenvalue weighted by atomic mass is 19.1. The van der Waals surface area contributed by atoms with Gasteiger partial charge in [-0.2, -0.15) is 5.10 Å². The lowest BCUT2D eigenvalue weighted by atomic mass is 9.98. The molecule has 0 spiro atoms. The van der Waals surface area contributed by atoms with E-state index in [1.54, 1.807) is 22.8 Å². The van der Waals surface area contributed by atoms with Crippen molar-refractivity contribution in [3.8, 4) is 5.75 Å². The van der Waals surface area contributed by atoms with Gasteiger partial charge in [0.1, 0.15) is 22.8 Å². The minimum atomic E-state index is -0.309. The topological polar surface area (TPSA) is 51.8 Å². The van der Waals surface area contributed by atoms with Gasteiger partial charge in [0.2, 0.25) is 0 Å². The van der Waals surface area contributed by atoms with E-state index >= 15 is 0 Å². The molecule has 2 aromatic heterocycles. The van der Waals surface area contributed by atoms with Crippen LogP contribution in [0.5, 0.6) is 5.75 Å². The maximum atomic E-state index is 13.2. The summed E-state index contributed by atoms with van der Waals surface area (Å²) < 4.78 is 22.6. The first-order valence-electron chi connectivity index (χ1n) is 8.78. The third kappa shape index (κ3) is 3.16. The molecule has 1 aliphatic heterocycles. The number of aromatic nitrogens is 3. The minimum Gasteiger partial charge on any atom is -0.493 e. The van der Waals surface area contributed by atoms with Gasteiger partial charge < -0.3 is 14.2 Å². The van der Waals surface area contributed by atoms with E-state index < -0.39 is 0 Å². The summed E-state index contributed by atoms with van der Waals surface area (Å²) in [6.07, 6.45) is 7.26. The maximum Gasteiger partial charge on any atom is 0.259 e. The number of piperidine rings is 1. The van der Waals surface area contributed by atoms with Crippen LogP contribution in [0.3, 0.4) is 0 Å². The largest absolute Gasteiger partial charge is 0.493 e. The van der Waals surface area contributed by atoms with Gasteiger partial charge in [0.15, 0.2) is 0 Å². The second kappa shape index (κ2) is 6.82. The molecule has 1 amide bonds. The summed E-state index contributed by atoms with van der Waals surface area (Å²) in [5.41, 5.74) is 1.41. The second-order valence-corrected chi connectivity index (χ2v) is 6.76. The molecule has 3 heterocycles. The molecule has 1 aromatic carbocycles. The first kappa shape index (κ1) is 16.6. The number of ether oxygens (including phenoxy) is 1. The van der Waals surface area contributed by atoms with Crippen molar-refractivity contribution < 1.29 is 13.9 Å². The monoisotopic (exact) mass is 356 g/mol. The molecule has 1 unspecified atom stereocenters. The Morgan fingerprint density at radius 1 is 1.38 bits per heavy atom. The highest BCUT2D eigenvalue weighted by molar-refractivity contribution is 5.99. The Bertz CT molecular complexity index is 933. The molecule has 26 heavy (non-hydrogen) atoms. The number of rotatable bonds is 4. The summed E-state index contributed by atoms with van der Waals surface area (Å²) in [5, 5.41) is 4.25.